The van der Waals surface area contributed by atoms with Gasteiger partial charge in [0.15, 0.2) is 0 Å². The van der Waals surface area contributed by atoms with Gasteiger partial charge in [0.1, 0.15) is 0 Å². The number of hydrogen-bond donors (Lipinski definition) is 0. The second-order valence-electron chi connectivity index (χ2n) is 11.4. The van der Waals surface area contributed by atoms with Crippen molar-refractivity contribution in [2.45, 2.75) is 5.41 Å². The molecule has 0 saturated carbocycles. The largest absolute Gasteiger partial charge is 0.278 e. The highest BCUT2D eigenvalue weighted by molar-refractivity contribution is 6.02. The number of fused-ring (bicyclic) bond motifs is 6. The Morgan fingerprint density at radius 1 is 0.500 bits per heavy atom. The average molecular weight is 562 g/mol. The number of para-hydroxylation sites is 1. The summed E-state index contributed by atoms with van der Waals surface area (Å²) < 4.78 is 2.28. The molecule has 0 saturated heterocycles. The van der Waals surface area contributed by atoms with Crippen LogP contribution in [0.4, 0.5) is 0 Å². The summed E-state index contributed by atoms with van der Waals surface area (Å²) in [6, 6.07) is 56.2. The number of benzene rings is 6. The first-order valence-electron chi connectivity index (χ1n) is 15.0. The van der Waals surface area contributed by atoms with Crippen molar-refractivity contribution in [2.75, 3.05) is 0 Å². The van der Waals surface area contributed by atoms with Crippen molar-refractivity contribution in [1.29, 1.82) is 0 Å². The van der Waals surface area contributed by atoms with Crippen molar-refractivity contribution < 1.29 is 0 Å². The van der Waals surface area contributed by atoms with Gasteiger partial charge in [0.25, 0.3) is 0 Å². The van der Waals surface area contributed by atoms with Crippen molar-refractivity contribution >= 4 is 21.8 Å². The lowest BCUT2D eigenvalue weighted by atomic mass is 9.67. The molecule has 0 amide bonds. The summed E-state index contributed by atoms with van der Waals surface area (Å²) in [5.74, 6) is 0.673. The highest BCUT2D eigenvalue weighted by atomic mass is 15.2. The summed E-state index contributed by atoms with van der Waals surface area (Å²) in [4.78, 5) is 10.3. The van der Waals surface area contributed by atoms with Crippen molar-refractivity contribution in [1.82, 2.24) is 14.5 Å². The van der Waals surface area contributed by atoms with E-state index < -0.39 is 5.41 Å². The summed E-state index contributed by atoms with van der Waals surface area (Å²) in [5, 5.41) is 2.24. The Kier molecular flexibility index (Phi) is 5.41. The van der Waals surface area contributed by atoms with Crippen LogP contribution in [0.1, 0.15) is 22.3 Å². The molecule has 1 aliphatic carbocycles. The van der Waals surface area contributed by atoms with E-state index in [2.05, 4.69) is 156 Å². The molecule has 0 unspecified atom stereocenters. The van der Waals surface area contributed by atoms with Crippen LogP contribution in [0.3, 0.4) is 0 Å². The Balaban J connectivity index is 1.40. The first-order chi connectivity index (χ1) is 21.9. The molecule has 1 aliphatic rings. The molecule has 0 aliphatic heterocycles. The van der Waals surface area contributed by atoms with Crippen LogP contribution in [0.25, 0.3) is 50.1 Å². The van der Waals surface area contributed by atoms with Gasteiger partial charge >= 0.3 is 0 Å². The van der Waals surface area contributed by atoms with E-state index in [4.69, 9.17) is 9.97 Å². The predicted octanol–water partition coefficient (Wildman–Crippen LogP) is 9.60. The highest BCUT2D eigenvalue weighted by Gasteiger charge is 2.49. The van der Waals surface area contributed by atoms with E-state index >= 15 is 0 Å². The summed E-state index contributed by atoms with van der Waals surface area (Å²) in [5.41, 5.74) is 11.2. The molecule has 3 nitrogen and oxygen atoms in total. The van der Waals surface area contributed by atoms with E-state index in [-0.39, 0.29) is 0 Å². The molecular weight excluding hydrogens is 534 g/mol. The van der Waals surface area contributed by atoms with Gasteiger partial charge < -0.3 is 0 Å². The number of aromatic nitrogens is 3. The molecule has 9 rings (SSSR count). The number of hydrogen-bond acceptors (Lipinski definition) is 2. The fourth-order valence-electron chi connectivity index (χ4n) is 7.40. The lowest BCUT2D eigenvalue weighted by Crippen LogP contribution is -2.28. The van der Waals surface area contributed by atoms with Gasteiger partial charge in [0.2, 0.25) is 5.95 Å². The van der Waals surface area contributed by atoms with Gasteiger partial charge in [0.05, 0.1) is 22.1 Å². The third-order valence-corrected chi connectivity index (χ3v) is 9.15. The van der Waals surface area contributed by atoms with Crippen molar-refractivity contribution in [3.05, 3.63) is 186 Å². The quantitative estimate of drug-likeness (QED) is 0.214. The molecule has 6 aromatic carbocycles. The van der Waals surface area contributed by atoms with Gasteiger partial charge in [0, 0.05) is 28.1 Å². The van der Waals surface area contributed by atoms with Gasteiger partial charge in [-0.2, -0.15) is 0 Å². The van der Waals surface area contributed by atoms with Crippen LogP contribution in [-0.2, 0) is 5.41 Å². The van der Waals surface area contributed by atoms with E-state index in [0.29, 0.717) is 5.95 Å². The molecule has 2 aromatic heterocycles. The van der Waals surface area contributed by atoms with Gasteiger partial charge in [-0.15, -0.1) is 0 Å². The van der Waals surface area contributed by atoms with Crippen LogP contribution in [0.5, 0.6) is 0 Å². The van der Waals surface area contributed by atoms with E-state index in [1.54, 1.807) is 0 Å². The third kappa shape index (κ3) is 3.38. The molecule has 0 atom stereocenters. The average Bonchev–Trinajstić information content (AvgIpc) is 3.60. The fraction of sp³-hybridized carbons (Fsp3) is 0.0244. The molecule has 2 heterocycles. The molecule has 3 heteroatoms. The van der Waals surface area contributed by atoms with E-state index in [1.807, 2.05) is 12.3 Å². The summed E-state index contributed by atoms with van der Waals surface area (Å²) in [6.45, 7) is 0. The zero-order valence-electron chi connectivity index (χ0n) is 23.9. The van der Waals surface area contributed by atoms with Crippen LogP contribution in [0, 0.1) is 0 Å². The van der Waals surface area contributed by atoms with E-state index in [1.165, 1.54) is 33.2 Å². The van der Waals surface area contributed by atoms with Crippen LogP contribution < -0.4 is 0 Å². The van der Waals surface area contributed by atoms with Gasteiger partial charge in [-0.25, -0.2) is 9.97 Å². The molecule has 206 valence electrons. The Labute approximate surface area is 255 Å². The van der Waals surface area contributed by atoms with E-state index in [0.717, 1.165) is 33.2 Å². The van der Waals surface area contributed by atoms with Gasteiger partial charge in [-0.1, -0.05) is 146 Å². The summed E-state index contributed by atoms with van der Waals surface area (Å²) in [6.07, 6.45) is 1.99. The first-order valence-corrected chi connectivity index (χ1v) is 15.0. The molecule has 0 radical (unpaired) electrons. The normalized spacial score (nSPS) is 13.2. The number of nitrogens with zero attached hydrogens (tertiary/aromatic N) is 3. The van der Waals surface area contributed by atoms with Crippen LogP contribution in [0.2, 0.25) is 0 Å². The maximum Gasteiger partial charge on any atom is 0.235 e. The Morgan fingerprint density at radius 2 is 1.11 bits per heavy atom. The molecule has 8 aromatic rings. The Bertz CT molecular complexity index is 2280. The van der Waals surface area contributed by atoms with Crippen LogP contribution in [-0.4, -0.2) is 14.5 Å². The first kappa shape index (κ1) is 24.8. The van der Waals surface area contributed by atoms with Crippen molar-refractivity contribution in [3.63, 3.8) is 0 Å². The standard InChI is InChI=1S/C41H27N3/c1-4-15-28(16-5-1)31-23-14-25-36-34(31)27-42-40(43-36)44-37-26-13-11-22-33(37)38-39(44)32-21-10-12-24-35(32)41(38,29-17-6-2-7-18-29)30-19-8-3-9-20-30/h1-27H. The highest BCUT2D eigenvalue weighted by Crippen LogP contribution is 2.59. The smallest absolute Gasteiger partial charge is 0.235 e. The Morgan fingerprint density at radius 3 is 1.86 bits per heavy atom. The fourth-order valence-corrected chi connectivity index (χ4v) is 7.40. The van der Waals surface area contributed by atoms with Crippen LogP contribution in [0.15, 0.2) is 164 Å². The zero-order valence-corrected chi connectivity index (χ0v) is 23.9. The second kappa shape index (κ2) is 9.62. The monoisotopic (exact) mass is 561 g/mol. The predicted molar refractivity (Wildman–Crippen MR) is 179 cm³/mol. The molecule has 44 heavy (non-hydrogen) atoms. The maximum atomic E-state index is 5.25. The lowest BCUT2D eigenvalue weighted by Gasteiger charge is -2.33. The minimum absolute atomic E-state index is 0.503. The molecule has 0 N–H and O–H groups in total. The SMILES string of the molecule is c1ccc(-c2cccc3nc(-n4c5c(c6ccccc64)C(c4ccccc4)(c4ccccc4)c4ccccc4-5)ncc23)cc1. The van der Waals surface area contributed by atoms with Gasteiger partial charge in [-0.3, -0.25) is 4.57 Å². The molecule has 0 spiro atoms. The van der Waals surface area contributed by atoms with Crippen molar-refractivity contribution in [2.24, 2.45) is 0 Å². The second-order valence-corrected chi connectivity index (χ2v) is 11.4. The van der Waals surface area contributed by atoms with Crippen molar-refractivity contribution in [3.8, 4) is 28.3 Å². The minimum atomic E-state index is -0.503. The lowest BCUT2D eigenvalue weighted by molar-refractivity contribution is 0.775. The Hall–Kier alpha value is -5.80. The summed E-state index contributed by atoms with van der Waals surface area (Å²) >= 11 is 0. The topological polar surface area (TPSA) is 30.7 Å². The maximum absolute atomic E-state index is 5.25. The molecule has 0 fully saturated rings. The molecular formula is C41H27N3. The molecule has 0 bridgehead atoms. The zero-order chi connectivity index (χ0) is 29.1. The van der Waals surface area contributed by atoms with E-state index in [9.17, 15) is 0 Å². The minimum Gasteiger partial charge on any atom is -0.278 e. The number of rotatable bonds is 4. The van der Waals surface area contributed by atoms with Crippen LogP contribution >= 0.6 is 0 Å². The summed E-state index contributed by atoms with van der Waals surface area (Å²) in [7, 11) is 0. The third-order valence-electron chi connectivity index (χ3n) is 9.15. The van der Waals surface area contributed by atoms with Gasteiger partial charge in [-0.05, 0) is 39.9 Å².